The van der Waals surface area contributed by atoms with E-state index in [1.165, 1.54) is 5.56 Å². The Morgan fingerprint density at radius 1 is 1.50 bits per heavy atom. The van der Waals surface area contributed by atoms with Crippen LogP contribution < -0.4 is 11.1 Å². The predicted molar refractivity (Wildman–Crippen MR) is 63.3 cm³/mol. The maximum absolute atomic E-state index is 8.46. The molecular formula is C11H18N4O. The van der Waals surface area contributed by atoms with E-state index in [9.17, 15) is 0 Å². The molecule has 0 amide bonds. The van der Waals surface area contributed by atoms with E-state index in [1.54, 1.807) is 12.4 Å². The zero-order valence-electron chi connectivity index (χ0n) is 9.59. The van der Waals surface area contributed by atoms with Crippen molar-refractivity contribution in [2.24, 2.45) is 10.9 Å². The van der Waals surface area contributed by atoms with Gasteiger partial charge in [0.05, 0.1) is 0 Å². The quantitative estimate of drug-likeness (QED) is 0.303. The summed E-state index contributed by atoms with van der Waals surface area (Å²) in [5.74, 6) is 0.238. The molecule has 2 atom stereocenters. The van der Waals surface area contributed by atoms with Gasteiger partial charge in [0.1, 0.15) is 5.84 Å². The second-order valence-corrected chi connectivity index (χ2v) is 3.87. The Morgan fingerprint density at radius 3 is 2.69 bits per heavy atom. The molecule has 0 saturated carbocycles. The lowest BCUT2D eigenvalue weighted by molar-refractivity contribution is 0.315. The van der Waals surface area contributed by atoms with Gasteiger partial charge in [0, 0.05) is 30.9 Å². The first-order valence-corrected chi connectivity index (χ1v) is 5.26. The number of amidine groups is 1. The van der Waals surface area contributed by atoms with Crippen molar-refractivity contribution >= 4 is 5.84 Å². The average molecular weight is 222 g/mol. The van der Waals surface area contributed by atoms with Gasteiger partial charge in [0.25, 0.3) is 0 Å². The smallest absolute Gasteiger partial charge is 0.140 e. The highest BCUT2D eigenvalue weighted by Gasteiger charge is 2.10. The summed E-state index contributed by atoms with van der Waals surface area (Å²) in [6, 6.07) is 4.30. The van der Waals surface area contributed by atoms with Crippen LogP contribution in [0.2, 0.25) is 0 Å². The maximum Gasteiger partial charge on any atom is 0.140 e. The molecule has 88 valence electrons. The van der Waals surface area contributed by atoms with Crippen LogP contribution in [0.5, 0.6) is 0 Å². The summed E-state index contributed by atoms with van der Waals surface area (Å²) in [6.07, 6.45) is 4.05. The van der Waals surface area contributed by atoms with Crippen LogP contribution in [-0.4, -0.2) is 22.1 Å². The molecule has 1 rings (SSSR count). The van der Waals surface area contributed by atoms with Crippen LogP contribution in [0.25, 0.3) is 0 Å². The van der Waals surface area contributed by atoms with Gasteiger partial charge in [-0.1, -0.05) is 5.16 Å². The van der Waals surface area contributed by atoms with Crippen LogP contribution in [0.1, 0.15) is 31.9 Å². The van der Waals surface area contributed by atoms with Gasteiger partial charge >= 0.3 is 0 Å². The third-order valence-electron chi connectivity index (χ3n) is 2.38. The summed E-state index contributed by atoms with van der Waals surface area (Å²) in [5, 5.41) is 14.8. The standard InChI is InChI=1S/C11H18N4O/c1-8(7-11(12)15-16)14-9(2)10-3-5-13-6-4-10/h3-6,8-9,14,16H,7H2,1-2H3,(H2,12,15)/t8?,9-/m0/s1. The highest BCUT2D eigenvalue weighted by molar-refractivity contribution is 5.80. The van der Waals surface area contributed by atoms with E-state index in [-0.39, 0.29) is 17.9 Å². The monoisotopic (exact) mass is 222 g/mol. The SMILES string of the molecule is CC(C/C(N)=N/O)N[C@@H](C)c1ccncc1. The summed E-state index contributed by atoms with van der Waals surface area (Å²) >= 11 is 0. The molecule has 0 fully saturated rings. The first kappa shape index (κ1) is 12.4. The van der Waals surface area contributed by atoms with E-state index in [4.69, 9.17) is 10.9 Å². The van der Waals surface area contributed by atoms with Gasteiger partial charge < -0.3 is 16.3 Å². The highest BCUT2D eigenvalue weighted by atomic mass is 16.4. The number of oxime groups is 1. The van der Waals surface area contributed by atoms with Crippen LogP contribution in [0.15, 0.2) is 29.7 Å². The van der Waals surface area contributed by atoms with Gasteiger partial charge in [-0.15, -0.1) is 0 Å². The van der Waals surface area contributed by atoms with Crippen molar-refractivity contribution < 1.29 is 5.21 Å². The molecule has 0 aliphatic rings. The van der Waals surface area contributed by atoms with Crippen molar-refractivity contribution in [3.05, 3.63) is 30.1 Å². The van der Waals surface area contributed by atoms with E-state index in [2.05, 4.69) is 22.4 Å². The second kappa shape index (κ2) is 6.07. The fraction of sp³-hybridized carbons (Fsp3) is 0.455. The minimum atomic E-state index is 0.152. The normalized spacial score (nSPS) is 15.8. The Morgan fingerprint density at radius 2 is 2.12 bits per heavy atom. The largest absolute Gasteiger partial charge is 0.409 e. The third-order valence-corrected chi connectivity index (χ3v) is 2.38. The zero-order valence-corrected chi connectivity index (χ0v) is 9.59. The average Bonchev–Trinajstić information content (AvgIpc) is 2.29. The van der Waals surface area contributed by atoms with Crippen molar-refractivity contribution in [3.63, 3.8) is 0 Å². The lowest BCUT2D eigenvalue weighted by atomic mass is 10.1. The number of aromatic nitrogens is 1. The minimum absolute atomic E-state index is 0.152. The maximum atomic E-state index is 8.46. The van der Waals surface area contributed by atoms with Crippen molar-refractivity contribution in [2.75, 3.05) is 0 Å². The van der Waals surface area contributed by atoms with Gasteiger partial charge in [0.15, 0.2) is 0 Å². The fourth-order valence-electron chi connectivity index (χ4n) is 1.59. The molecule has 1 heterocycles. The molecule has 0 radical (unpaired) electrons. The number of hydrogen-bond donors (Lipinski definition) is 3. The summed E-state index contributed by atoms with van der Waals surface area (Å²) in [7, 11) is 0. The van der Waals surface area contributed by atoms with Crippen LogP contribution >= 0.6 is 0 Å². The molecular weight excluding hydrogens is 204 g/mol. The van der Waals surface area contributed by atoms with Gasteiger partial charge in [-0.3, -0.25) is 4.98 Å². The topological polar surface area (TPSA) is 83.5 Å². The summed E-state index contributed by atoms with van der Waals surface area (Å²) < 4.78 is 0. The predicted octanol–water partition coefficient (Wildman–Crippen LogP) is 1.26. The molecule has 0 spiro atoms. The lowest BCUT2D eigenvalue weighted by Crippen LogP contribution is -2.33. The van der Waals surface area contributed by atoms with Crippen LogP contribution in [0.3, 0.4) is 0 Å². The second-order valence-electron chi connectivity index (χ2n) is 3.87. The highest BCUT2D eigenvalue weighted by Crippen LogP contribution is 2.11. The van der Waals surface area contributed by atoms with E-state index in [0.717, 1.165) is 0 Å². The van der Waals surface area contributed by atoms with Gasteiger partial charge in [-0.05, 0) is 31.5 Å². The first-order valence-electron chi connectivity index (χ1n) is 5.26. The first-order chi connectivity index (χ1) is 7.63. The fourth-order valence-corrected chi connectivity index (χ4v) is 1.59. The Labute approximate surface area is 95.4 Å². The Balaban J connectivity index is 2.48. The minimum Gasteiger partial charge on any atom is -0.409 e. The Bertz CT molecular complexity index is 339. The molecule has 0 aliphatic heterocycles. The molecule has 0 aliphatic carbocycles. The van der Waals surface area contributed by atoms with Crippen LogP contribution in [-0.2, 0) is 0 Å². The lowest BCUT2D eigenvalue weighted by Gasteiger charge is -2.19. The molecule has 4 N–H and O–H groups in total. The molecule has 1 unspecified atom stereocenters. The van der Waals surface area contributed by atoms with E-state index < -0.39 is 0 Å². The van der Waals surface area contributed by atoms with E-state index in [0.29, 0.717) is 6.42 Å². The molecule has 1 aromatic heterocycles. The zero-order chi connectivity index (χ0) is 12.0. The number of nitrogens with two attached hydrogens (primary N) is 1. The van der Waals surface area contributed by atoms with Gasteiger partial charge in [-0.25, -0.2) is 0 Å². The molecule has 1 aromatic rings. The van der Waals surface area contributed by atoms with Crippen LogP contribution in [0, 0.1) is 0 Å². The van der Waals surface area contributed by atoms with Crippen molar-refractivity contribution in [1.82, 2.24) is 10.3 Å². The Kier molecular flexibility index (Phi) is 4.72. The molecule has 16 heavy (non-hydrogen) atoms. The van der Waals surface area contributed by atoms with Gasteiger partial charge in [0.2, 0.25) is 0 Å². The number of nitrogens with one attached hydrogen (secondary N) is 1. The van der Waals surface area contributed by atoms with Gasteiger partial charge in [-0.2, -0.15) is 0 Å². The summed E-state index contributed by atoms with van der Waals surface area (Å²) in [6.45, 7) is 4.06. The summed E-state index contributed by atoms with van der Waals surface area (Å²) in [4.78, 5) is 3.97. The number of rotatable bonds is 5. The van der Waals surface area contributed by atoms with Crippen molar-refractivity contribution in [2.45, 2.75) is 32.4 Å². The number of nitrogens with zero attached hydrogens (tertiary/aromatic N) is 2. The van der Waals surface area contributed by atoms with E-state index in [1.807, 2.05) is 19.1 Å². The van der Waals surface area contributed by atoms with Crippen molar-refractivity contribution in [1.29, 1.82) is 0 Å². The summed E-state index contributed by atoms with van der Waals surface area (Å²) in [5.41, 5.74) is 6.61. The number of pyridine rings is 1. The molecule has 5 heteroatoms. The molecule has 0 saturated heterocycles. The molecule has 0 bridgehead atoms. The number of hydrogen-bond acceptors (Lipinski definition) is 4. The molecule has 0 aromatic carbocycles. The Hall–Kier alpha value is -1.62. The van der Waals surface area contributed by atoms with Crippen LogP contribution in [0.4, 0.5) is 0 Å². The van der Waals surface area contributed by atoms with E-state index >= 15 is 0 Å². The molecule has 5 nitrogen and oxygen atoms in total. The van der Waals surface area contributed by atoms with Crippen molar-refractivity contribution in [3.8, 4) is 0 Å². The third kappa shape index (κ3) is 3.86.